The van der Waals surface area contributed by atoms with Crippen LogP contribution in [0.3, 0.4) is 0 Å². The van der Waals surface area contributed by atoms with E-state index >= 15 is 0 Å². The maximum Gasteiger partial charge on any atom is 0.408 e. The second-order valence-electron chi connectivity index (χ2n) is 7.95. The Hall–Kier alpha value is -2.83. The highest BCUT2D eigenvalue weighted by Gasteiger charge is 2.21. The summed E-state index contributed by atoms with van der Waals surface area (Å²) in [4.78, 5) is 36.0. The summed E-state index contributed by atoms with van der Waals surface area (Å²) in [7, 11) is 0. The molecule has 0 saturated heterocycles. The number of esters is 1. The third kappa shape index (κ3) is 4.35. The van der Waals surface area contributed by atoms with Crippen molar-refractivity contribution in [2.45, 2.75) is 59.0 Å². The van der Waals surface area contributed by atoms with Gasteiger partial charge in [-0.05, 0) is 71.1 Å². The predicted molar refractivity (Wildman–Crippen MR) is 104 cm³/mol. The van der Waals surface area contributed by atoms with Crippen molar-refractivity contribution in [1.29, 1.82) is 0 Å². The van der Waals surface area contributed by atoms with Crippen molar-refractivity contribution >= 4 is 23.0 Å². The van der Waals surface area contributed by atoms with Crippen molar-refractivity contribution in [3.63, 3.8) is 0 Å². The van der Waals surface area contributed by atoms with Crippen LogP contribution in [0.4, 0.5) is 4.79 Å². The summed E-state index contributed by atoms with van der Waals surface area (Å²) in [5.41, 5.74) is 1.83. The van der Waals surface area contributed by atoms with E-state index in [1.165, 1.54) is 0 Å². The molecular weight excluding hydrogens is 362 g/mol. The smallest absolute Gasteiger partial charge is 0.408 e. The van der Waals surface area contributed by atoms with Crippen LogP contribution in [0, 0.1) is 6.92 Å². The second-order valence-corrected chi connectivity index (χ2v) is 7.95. The van der Waals surface area contributed by atoms with Gasteiger partial charge in [-0.2, -0.15) is 0 Å². The number of amides is 1. The first kappa shape index (κ1) is 19.9. The molecule has 1 aliphatic rings. The molecule has 7 heteroatoms. The number of ether oxygens (including phenoxy) is 2. The maximum atomic E-state index is 12.3. The molecule has 7 nitrogen and oxygen atoms in total. The minimum absolute atomic E-state index is 0.294. The number of carbonyl (C=O) groups excluding carboxylic acids is 2. The van der Waals surface area contributed by atoms with Crippen molar-refractivity contribution in [3.8, 4) is 5.75 Å². The number of benzene rings is 1. The van der Waals surface area contributed by atoms with Crippen molar-refractivity contribution in [2.75, 3.05) is 6.54 Å². The molecule has 3 rings (SSSR count). The Morgan fingerprint density at radius 2 is 1.82 bits per heavy atom. The van der Waals surface area contributed by atoms with E-state index in [2.05, 4.69) is 5.32 Å². The quantitative estimate of drug-likeness (QED) is 0.493. The van der Waals surface area contributed by atoms with Gasteiger partial charge < -0.3 is 19.2 Å². The molecule has 1 heterocycles. The molecule has 1 aromatic carbocycles. The Morgan fingerprint density at radius 1 is 1.14 bits per heavy atom. The fourth-order valence-corrected chi connectivity index (χ4v) is 3.35. The molecule has 1 aromatic heterocycles. The van der Waals surface area contributed by atoms with E-state index < -0.39 is 17.7 Å². The van der Waals surface area contributed by atoms with E-state index in [1.54, 1.807) is 33.8 Å². The van der Waals surface area contributed by atoms with Crippen LogP contribution in [0.15, 0.2) is 21.3 Å². The molecule has 0 aliphatic heterocycles. The lowest BCUT2D eigenvalue weighted by Gasteiger charge is -2.19. The summed E-state index contributed by atoms with van der Waals surface area (Å²) >= 11 is 0. The predicted octanol–water partition coefficient (Wildman–Crippen LogP) is 3.41. The zero-order valence-corrected chi connectivity index (χ0v) is 16.6. The molecule has 0 fully saturated rings. The number of hydrogen-bond acceptors (Lipinski definition) is 6. The highest BCUT2D eigenvalue weighted by atomic mass is 16.6. The molecule has 0 unspecified atom stereocenters. The van der Waals surface area contributed by atoms with E-state index in [9.17, 15) is 14.4 Å². The molecule has 0 radical (unpaired) electrons. The monoisotopic (exact) mass is 387 g/mol. The number of nitrogens with one attached hydrogen (secondary N) is 1. The zero-order chi connectivity index (χ0) is 20.5. The van der Waals surface area contributed by atoms with Crippen LogP contribution in [0.5, 0.6) is 5.75 Å². The standard InChI is InChI=1S/C21H25NO6/c1-12-16(26-17(23)11-22-20(25)28-21(2,3)4)10-9-14-13-7-5-6-8-15(13)19(24)27-18(12)14/h9-10H,5-8,11H2,1-4H3,(H,22,25). The molecule has 1 aliphatic carbocycles. The third-order valence-corrected chi connectivity index (χ3v) is 4.59. The molecule has 1 N–H and O–H groups in total. The lowest BCUT2D eigenvalue weighted by Crippen LogP contribution is -2.36. The summed E-state index contributed by atoms with van der Waals surface area (Å²) < 4.78 is 16.0. The largest absolute Gasteiger partial charge is 0.444 e. The van der Waals surface area contributed by atoms with Crippen molar-refractivity contribution < 1.29 is 23.5 Å². The summed E-state index contributed by atoms with van der Waals surface area (Å²) in [6, 6.07) is 3.51. The lowest BCUT2D eigenvalue weighted by atomic mass is 9.90. The Bertz CT molecular complexity index is 983. The van der Waals surface area contributed by atoms with Gasteiger partial charge in [0.05, 0.1) is 0 Å². The van der Waals surface area contributed by atoms with E-state index in [0.717, 1.165) is 42.2 Å². The van der Waals surface area contributed by atoms with Gasteiger partial charge in [0.25, 0.3) is 0 Å². The first-order chi connectivity index (χ1) is 13.2. The second kappa shape index (κ2) is 7.66. The van der Waals surface area contributed by atoms with Gasteiger partial charge >= 0.3 is 17.7 Å². The average Bonchev–Trinajstić information content (AvgIpc) is 2.62. The maximum absolute atomic E-state index is 12.3. The molecular formula is C21H25NO6. The Labute approximate surface area is 163 Å². The first-order valence-electron chi connectivity index (χ1n) is 9.41. The minimum Gasteiger partial charge on any atom is -0.444 e. The van der Waals surface area contributed by atoms with E-state index in [1.807, 2.05) is 6.07 Å². The normalized spacial score (nSPS) is 13.7. The van der Waals surface area contributed by atoms with Gasteiger partial charge in [-0.3, -0.25) is 0 Å². The average molecular weight is 387 g/mol. The molecule has 0 atom stereocenters. The number of hydrogen-bond donors (Lipinski definition) is 1. The van der Waals surface area contributed by atoms with E-state index in [4.69, 9.17) is 13.9 Å². The molecule has 1 amide bonds. The fraction of sp³-hybridized carbons (Fsp3) is 0.476. The van der Waals surface area contributed by atoms with Gasteiger partial charge in [-0.1, -0.05) is 0 Å². The van der Waals surface area contributed by atoms with Gasteiger partial charge in [0.2, 0.25) is 0 Å². The summed E-state index contributed by atoms with van der Waals surface area (Å²) in [5, 5.41) is 3.24. The Kier molecular flexibility index (Phi) is 5.45. The van der Waals surface area contributed by atoms with Crippen LogP contribution in [-0.4, -0.2) is 24.2 Å². The highest BCUT2D eigenvalue weighted by molar-refractivity contribution is 5.87. The molecule has 2 aromatic rings. The van der Waals surface area contributed by atoms with Crippen molar-refractivity contribution in [3.05, 3.63) is 39.2 Å². The summed E-state index contributed by atoms with van der Waals surface area (Å²) in [5.74, 6) is -0.351. The fourth-order valence-electron chi connectivity index (χ4n) is 3.35. The molecule has 0 bridgehead atoms. The number of fused-ring (bicyclic) bond motifs is 3. The Morgan fingerprint density at radius 3 is 2.50 bits per heavy atom. The lowest BCUT2D eigenvalue weighted by molar-refractivity contribution is -0.133. The molecule has 150 valence electrons. The van der Waals surface area contributed by atoms with Crippen LogP contribution in [0.2, 0.25) is 0 Å². The van der Waals surface area contributed by atoms with Crippen LogP contribution in [0.1, 0.15) is 50.3 Å². The number of carbonyl (C=O) groups is 2. The summed E-state index contributed by atoms with van der Waals surface area (Å²) in [6.45, 7) is 6.60. The van der Waals surface area contributed by atoms with Gasteiger partial charge in [0.1, 0.15) is 23.5 Å². The third-order valence-electron chi connectivity index (χ3n) is 4.59. The molecule has 28 heavy (non-hydrogen) atoms. The number of aryl methyl sites for hydroxylation is 2. The van der Waals surface area contributed by atoms with E-state index in [-0.39, 0.29) is 12.2 Å². The number of alkyl carbamates (subject to hydrolysis) is 1. The van der Waals surface area contributed by atoms with E-state index in [0.29, 0.717) is 16.9 Å². The van der Waals surface area contributed by atoms with Gasteiger partial charge in [-0.15, -0.1) is 0 Å². The van der Waals surface area contributed by atoms with Crippen LogP contribution in [0.25, 0.3) is 11.0 Å². The number of rotatable bonds is 3. The topological polar surface area (TPSA) is 94.8 Å². The first-order valence-corrected chi connectivity index (χ1v) is 9.41. The van der Waals surface area contributed by atoms with Crippen LogP contribution < -0.4 is 15.7 Å². The highest BCUT2D eigenvalue weighted by Crippen LogP contribution is 2.32. The zero-order valence-electron chi connectivity index (χ0n) is 16.6. The van der Waals surface area contributed by atoms with Crippen molar-refractivity contribution in [1.82, 2.24) is 5.32 Å². The summed E-state index contributed by atoms with van der Waals surface area (Å²) in [6.07, 6.45) is 2.91. The SMILES string of the molecule is Cc1c(OC(=O)CNC(=O)OC(C)(C)C)ccc2c3c(c(=O)oc12)CCCC3. The van der Waals surface area contributed by atoms with Crippen molar-refractivity contribution in [2.24, 2.45) is 0 Å². The van der Waals surface area contributed by atoms with Gasteiger partial charge in [0, 0.05) is 16.5 Å². The molecule has 0 saturated carbocycles. The molecule has 0 spiro atoms. The minimum atomic E-state index is -0.697. The van der Waals surface area contributed by atoms with Crippen LogP contribution >= 0.6 is 0 Å². The Balaban J connectivity index is 1.77. The van der Waals surface area contributed by atoms with Gasteiger partial charge in [-0.25, -0.2) is 14.4 Å². The van der Waals surface area contributed by atoms with Gasteiger partial charge in [0.15, 0.2) is 0 Å². The van der Waals surface area contributed by atoms with Crippen LogP contribution in [-0.2, 0) is 22.4 Å².